The molecule has 18 heavy (non-hydrogen) atoms. The summed E-state index contributed by atoms with van der Waals surface area (Å²) in [5.41, 5.74) is 1.43. The molecule has 1 N–H and O–H groups in total. The lowest BCUT2D eigenvalue weighted by Crippen LogP contribution is -2.12. The van der Waals surface area contributed by atoms with Gasteiger partial charge in [-0.1, -0.05) is 22.0 Å². The highest BCUT2D eigenvalue weighted by molar-refractivity contribution is 9.10. The first-order chi connectivity index (χ1) is 8.38. The molecule has 0 saturated carbocycles. The van der Waals surface area contributed by atoms with Crippen molar-refractivity contribution in [1.29, 1.82) is 0 Å². The fourth-order valence-electron chi connectivity index (χ4n) is 1.37. The Hall–Kier alpha value is -0.920. The minimum atomic E-state index is -3.55. The minimum absolute atomic E-state index is 0.222. The standard InChI is InChI=1S/C11H11BrN2O2S2/c1-7-3-4-9(12)5-10(7)14-18(15,16)11-6-13-8(2)17-11/h3-6,14H,1-2H3. The summed E-state index contributed by atoms with van der Waals surface area (Å²) in [5.74, 6) is 0. The lowest BCUT2D eigenvalue weighted by Gasteiger charge is -2.09. The van der Waals surface area contributed by atoms with Crippen LogP contribution in [0.2, 0.25) is 0 Å². The van der Waals surface area contributed by atoms with Crippen molar-refractivity contribution in [2.75, 3.05) is 4.72 Å². The molecule has 0 unspecified atom stereocenters. The zero-order valence-corrected chi connectivity index (χ0v) is 13.0. The van der Waals surface area contributed by atoms with Gasteiger partial charge < -0.3 is 0 Å². The number of sulfonamides is 1. The van der Waals surface area contributed by atoms with E-state index < -0.39 is 10.0 Å². The van der Waals surface area contributed by atoms with E-state index in [0.717, 1.165) is 26.4 Å². The molecule has 0 aliphatic heterocycles. The van der Waals surface area contributed by atoms with Crippen molar-refractivity contribution in [3.63, 3.8) is 0 Å². The van der Waals surface area contributed by atoms with Gasteiger partial charge in [-0.05, 0) is 31.5 Å². The largest absolute Gasteiger partial charge is 0.279 e. The Morgan fingerprint density at radius 2 is 2.06 bits per heavy atom. The van der Waals surface area contributed by atoms with Gasteiger partial charge in [-0.2, -0.15) is 0 Å². The van der Waals surface area contributed by atoms with Crippen molar-refractivity contribution < 1.29 is 8.42 Å². The number of benzene rings is 1. The molecule has 4 nitrogen and oxygen atoms in total. The van der Waals surface area contributed by atoms with Crippen LogP contribution in [0.5, 0.6) is 0 Å². The predicted molar refractivity (Wildman–Crippen MR) is 76.5 cm³/mol. The van der Waals surface area contributed by atoms with E-state index in [9.17, 15) is 8.42 Å². The number of rotatable bonds is 3. The van der Waals surface area contributed by atoms with Gasteiger partial charge in [0.25, 0.3) is 10.0 Å². The SMILES string of the molecule is Cc1ncc(S(=O)(=O)Nc2cc(Br)ccc2C)s1. The topological polar surface area (TPSA) is 59.1 Å². The molecular formula is C11H11BrN2O2S2. The molecule has 0 amide bonds. The van der Waals surface area contributed by atoms with E-state index in [1.54, 1.807) is 13.0 Å². The van der Waals surface area contributed by atoms with Gasteiger partial charge in [0.15, 0.2) is 4.21 Å². The molecule has 0 atom stereocenters. The lowest BCUT2D eigenvalue weighted by atomic mass is 10.2. The van der Waals surface area contributed by atoms with E-state index in [0.29, 0.717) is 5.69 Å². The van der Waals surface area contributed by atoms with Crippen molar-refractivity contribution >= 4 is 43.0 Å². The van der Waals surface area contributed by atoms with Gasteiger partial charge in [-0.3, -0.25) is 4.72 Å². The second kappa shape index (κ2) is 4.99. The molecule has 0 bridgehead atoms. The van der Waals surface area contributed by atoms with Crippen LogP contribution in [0.25, 0.3) is 0 Å². The van der Waals surface area contributed by atoms with E-state index in [4.69, 9.17) is 0 Å². The van der Waals surface area contributed by atoms with Gasteiger partial charge in [0.05, 0.1) is 16.9 Å². The Morgan fingerprint density at radius 3 is 2.67 bits per heavy atom. The van der Waals surface area contributed by atoms with Gasteiger partial charge in [0.1, 0.15) is 0 Å². The Bertz CT molecular complexity index is 680. The van der Waals surface area contributed by atoms with Crippen LogP contribution in [-0.2, 0) is 10.0 Å². The summed E-state index contributed by atoms with van der Waals surface area (Å²) in [5, 5.41) is 0.723. The highest BCUT2D eigenvalue weighted by Crippen LogP contribution is 2.25. The summed E-state index contributed by atoms with van der Waals surface area (Å²) in [6.45, 7) is 3.62. The quantitative estimate of drug-likeness (QED) is 0.927. The van der Waals surface area contributed by atoms with E-state index in [-0.39, 0.29) is 4.21 Å². The third-order valence-electron chi connectivity index (χ3n) is 2.31. The van der Waals surface area contributed by atoms with Gasteiger partial charge in [-0.15, -0.1) is 11.3 Å². The van der Waals surface area contributed by atoms with Crippen LogP contribution in [0.1, 0.15) is 10.6 Å². The maximum absolute atomic E-state index is 12.1. The summed E-state index contributed by atoms with van der Waals surface area (Å²) in [7, 11) is -3.55. The highest BCUT2D eigenvalue weighted by Gasteiger charge is 2.18. The number of halogens is 1. The van der Waals surface area contributed by atoms with Crippen LogP contribution < -0.4 is 4.72 Å². The highest BCUT2D eigenvalue weighted by atomic mass is 79.9. The second-order valence-electron chi connectivity index (χ2n) is 3.76. The summed E-state index contributed by atoms with van der Waals surface area (Å²) < 4.78 is 27.9. The monoisotopic (exact) mass is 346 g/mol. The number of nitrogens with zero attached hydrogens (tertiary/aromatic N) is 1. The van der Waals surface area contributed by atoms with Crippen molar-refractivity contribution in [3.05, 3.63) is 39.4 Å². The van der Waals surface area contributed by atoms with Crippen molar-refractivity contribution in [2.24, 2.45) is 0 Å². The average Bonchev–Trinajstić information content (AvgIpc) is 2.71. The summed E-state index contributed by atoms with van der Waals surface area (Å²) in [4.78, 5) is 3.95. The molecule has 1 aromatic heterocycles. The number of anilines is 1. The molecule has 0 radical (unpaired) electrons. The van der Waals surface area contributed by atoms with Crippen LogP contribution >= 0.6 is 27.3 Å². The molecule has 0 aliphatic carbocycles. The van der Waals surface area contributed by atoms with Gasteiger partial charge in [0.2, 0.25) is 0 Å². The third kappa shape index (κ3) is 2.90. The lowest BCUT2D eigenvalue weighted by molar-refractivity contribution is 0.603. The maximum Gasteiger partial charge on any atom is 0.273 e. The molecule has 0 saturated heterocycles. The fraction of sp³-hybridized carbons (Fsp3) is 0.182. The molecule has 2 rings (SSSR count). The van der Waals surface area contributed by atoms with Crippen molar-refractivity contribution in [1.82, 2.24) is 4.98 Å². The Morgan fingerprint density at radius 1 is 1.33 bits per heavy atom. The molecule has 0 fully saturated rings. The summed E-state index contributed by atoms with van der Waals surface area (Å²) in [6.07, 6.45) is 1.37. The number of thiazole rings is 1. The molecule has 0 aliphatic rings. The number of nitrogens with one attached hydrogen (secondary N) is 1. The summed E-state index contributed by atoms with van der Waals surface area (Å²) in [6, 6.07) is 5.45. The van der Waals surface area contributed by atoms with E-state index in [2.05, 4.69) is 25.6 Å². The van der Waals surface area contributed by atoms with Crippen LogP contribution in [0, 0.1) is 13.8 Å². The molecule has 1 heterocycles. The first kappa shape index (κ1) is 13.5. The van der Waals surface area contributed by atoms with E-state index in [1.165, 1.54) is 6.20 Å². The van der Waals surface area contributed by atoms with Gasteiger partial charge in [-0.25, -0.2) is 13.4 Å². The number of aromatic nitrogens is 1. The molecule has 96 valence electrons. The van der Waals surface area contributed by atoms with E-state index >= 15 is 0 Å². The number of hydrogen-bond donors (Lipinski definition) is 1. The normalized spacial score (nSPS) is 11.5. The van der Waals surface area contributed by atoms with Gasteiger partial charge in [0, 0.05) is 4.47 Å². The summed E-state index contributed by atoms with van der Waals surface area (Å²) >= 11 is 4.47. The van der Waals surface area contributed by atoms with E-state index in [1.807, 2.05) is 19.1 Å². The van der Waals surface area contributed by atoms with Crippen LogP contribution in [0.3, 0.4) is 0 Å². The Kier molecular flexibility index (Phi) is 3.74. The smallest absolute Gasteiger partial charge is 0.273 e. The van der Waals surface area contributed by atoms with Crippen molar-refractivity contribution in [2.45, 2.75) is 18.1 Å². The maximum atomic E-state index is 12.1. The zero-order valence-electron chi connectivity index (χ0n) is 9.77. The molecule has 2 aromatic rings. The first-order valence-electron chi connectivity index (χ1n) is 5.10. The Labute approximate surface area is 118 Å². The fourth-order valence-corrected chi connectivity index (χ4v) is 3.96. The number of hydrogen-bond acceptors (Lipinski definition) is 4. The second-order valence-corrected chi connectivity index (χ2v) is 7.82. The Balaban J connectivity index is 2.36. The molecule has 7 heteroatoms. The average molecular weight is 347 g/mol. The van der Waals surface area contributed by atoms with Crippen molar-refractivity contribution in [3.8, 4) is 0 Å². The predicted octanol–water partition coefficient (Wildman–Crippen LogP) is 3.32. The first-order valence-corrected chi connectivity index (χ1v) is 8.19. The van der Waals surface area contributed by atoms with Crippen LogP contribution in [-0.4, -0.2) is 13.4 Å². The number of aryl methyl sites for hydroxylation is 2. The molecular weight excluding hydrogens is 336 g/mol. The molecule has 0 spiro atoms. The van der Waals surface area contributed by atoms with Crippen LogP contribution in [0.4, 0.5) is 5.69 Å². The molecule has 1 aromatic carbocycles. The van der Waals surface area contributed by atoms with Gasteiger partial charge >= 0.3 is 0 Å². The zero-order chi connectivity index (χ0) is 13.3. The van der Waals surface area contributed by atoms with Crippen LogP contribution in [0.15, 0.2) is 33.1 Å². The third-order valence-corrected chi connectivity index (χ3v) is 5.54. The minimum Gasteiger partial charge on any atom is -0.279 e.